The van der Waals surface area contributed by atoms with Crippen LogP contribution in [0, 0.1) is 5.92 Å². The van der Waals surface area contributed by atoms with Crippen molar-refractivity contribution in [2.45, 2.75) is 19.8 Å². The molecule has 4 rings (SSSR count). The van der Waals surface area contributed by atoms with Gasteiger partial charge in [0.15, 0.2) is 0 Å². The molecule has 2 aromatic rings. The van der Waals surface area contributed by atoms with Gasteiger partial charge in [-0.1, -0.05) is 24.6 Å². The molecule has 0 saturated carbocycles. The number of piperidine rings is 1. The maximum Gasteiger partial charge on any atom is 0.255 e. The van der Waals surface area contributed by atoms with E-state index in [0.29, 0.717) is 34.3 Å². The number of carbonyl (C=O) groups is 2. The molecule has 0 unspecified atom stereocenters. The summed E-state index contributed by atoms with van der Waals surface area (Å²) < 4.78 is 5.39. The molecule has 2 aromatic carbocycles. The minimum atomic E-state index is -0.263. The number of carbonyl (C=O) groups excluding carboxylic acids is 2. The molecule has 0 bridgehead atoms. The van der Waals surface area contributed by atoms with Crippen molar-refractivity contribution in [3.05, 3.63) is 58.6 Å². The Morgan fingerprint density at radius 1 is 1.03 bits per heavy atom. The molecule has 2 aliphatic heterocycles. The second-order valence-corrected chi connectivity index (χ2v) is 9.51. The monoisotopic (exact) mass is 484 g/mol. The first-order valence-electron chi connectivity index (χ1n) is 12.0. The highest BCUT2D eigenvalue weighted by molar-refractivity contribution is 6.31. The number of hydrogen-bond donors (Lipinski definition) is 2. The van der Waals surface area contributed by atoms with Gasteiger partial charge in [-0.25, -0.2) is 0 Å². The maximum atomic E-state index is 13.3. The Labute approximate surface area is 206 Å². The summed E-state index contributed by atoms with van der Waals surface area (Å²) in [5.74, 6) is 0.305. The van der Waals surface area contributed by atoms with Crippen LogP contribution in [0.15, 0.2) is 42.5 Å². The van der Waals surface area contributed by atoms with E-state index < -0.39 is 0 Å². The highest BCUT2D eigenvalue weighted by atomic mass is 35.5. The number of nitrogens with zero attached hydrogens (tertiary/aromatic N) is 2. The molecule has 0 spiro atoms. The third kappa shape index (κ3) is 6.50. The van der Waals surface area contributed by atoms with Gasteiger partial charge in [0.2, 0.25) is 0 Å². The fourth-order valence-electron chi connectivity index (χ4n) is 4.40. The Morgan fingerprint density at radius 2 is 1.79 bits per heavy atom. The van der Waals surface area contributed by atoms with Crippen LogP contribution < -0.4 is 15.5 Å². The highest BCUT2D eigenvalue weighted by Gasteiger charge is 2.22. The van der Waals surface area contributed by atoms with Crippen LogP contribution >= 0.6 is 11.6 Å². The SMILES string of the molecule is CC1CCN(c2ccc(NC(=O)c3cccc(Cl)c3)cc2C(=O)NCCN2CCOCC2)CC1. The number of benzene rings is 2. The van der Waals surface area contributed by atoms with Gasteiger partial charge in [0, 0.05) is 61.2 Å². The van der Waals surface area contributed by atoms with Gasteiger partial charge < -0.3 is 20.3 Å². The van der Waals surface area contributed by atoms with Crippen molar-refractivity contribution in [3.8, 4) is 0 Å². The second-order valence-electron chi connectivity index (χ2n) is 9.08. The minimum absolute atomic E-state index is 0.124. The largest absolute Gasteiger partial charge is 0.379 e. The Morgan fingerprint density at radius 3 is 2.53 bits per heavy atom. The number of nitrogens with one attached hydrogen (secondary N) is 2. The molecule has 0 aromatic heterocycles. The lowest BCUT2D eigenvalue weighted by Gasteiger charge is -2.33. The lowest BCUT2D eigenvalue weighted by Crippen LogP contribution is -2.41. The molecule has 182 valence electrons. The molecular formula is C26H33ClN4O3. The molecule has 2 N–H and O–H groups in total. The Balaban J connectivity index is 1.49. The molecule has 2 fully saturated rings. The zero-order chi connectivity index (χ0) is 23.9. The lowest BCUT2D eigenvalue weighted by atomic mass is 9.97. The molecule has 8 heteroatoms. The molecule has 2 amide bonds. The van der Waals surface area contributed by atoms with E-state index in [1.807, 2.05) is 12.1 Å². The van der Waals surface area contributed by atoms with Crippen molar-refractivity contribution in [2.75, 3.05) is 62.7 Å². The van der Waals surface area contributed by atoms with E-state index in [0.717, 1.165) is 64.5 Å². The average molecular weight is 485 g/mol. The summed E-state index contributed by atoms with van der Waals surface area (Å²) in [7, 11) is 0. The Kier molecular flexibility index (Phi) is 8.43. The first-order chi connectivity index (χ1) is 16.5. The van der Waals surface area contributed by atoms with E-state index in [-0.39, 0.29) is 11.8 Å². The van der Waals surface area contributed by atoms with Crippen LogP contribution in [-0.2, 0) is 4.74 Å². The fraction of sp³-hybridized carbons (Fsp3) is 0.462. The summed E-state index contributed by atoms with van der Waals surface area (Å²) in [4.78, 5) is 30.5. The third-order valence-electron chi connectivity index (χ3n) is 6.53. The van der Waals surface area contributed by atoms with Crippen LogP contribution in [-0.4, -0.2) is 69.2 Å². The van der Waals surface area contributed by atoms with Crippen molar-refractivity contribution in [2.24, 2.45) is 5.92 Å². The van der Waals surface area contributed by atoms with Gasteiger partial charge in [-0.05, 0) is 55.2 Å². The van der Waals surface area contributed by atoms with Crippen LogP contribution in [0.3, 0.4) is 0 Å². The lowest BCUT2D eigenvalue weighted by molar-refractivity contribution is 0.0383. The molecule has 0 radical (unpaired) electrons. The summed E-state index contributed by atoms with van der Waals surface area (Å²) in [6.45, 7) is 8.71. The first kappa shape index (κ1) is 24.5. The number of morpholine rings is 1. The Hall–Kier alpha value is -2.61. The van der Waals surface area contributed by atoms with E-state index in [1.165, 1.54) is 0 Å². The van der Waals surface area contributed by atoms with Crippen LogP contribution in [0.5, 0.6) is 0 Å². The van der Waals surface area contributed by atoms with Crippen molar-refractivity contribution in [1.29, 1.82) is 0 Å². The molecule has 2 saturated heterocycles. The van der Waals surface area contributed by atoms with Crippen molar-refractivity contribution in [1.82, 2.24) is 10.2 Å². The predicted molar refractivity (Wildman–Crippen MR) is 136 cm³/mol. The van der Waals surface area contributed by atoms with Gasteiger partial charge >= 0.3 is 0 Å². The summed E-state index contributed by atoms with van der Waals surface area (Å²) in [6, 6.07) is 12.4. The summed E-state index contributed by atoms with van der Waals surface area (Å²) in [5, 5.41) is 6.49. The molecule has 0 atom stereocenters. The molecular weight excluding hydrogens is 452 g/mol. The van der Waals surface area contributed by atoms with Gasteiger partial charge in [0.05, 0.1) is 18.8 Å². The summed E-state index contributed by atoms with van der Waals surface area (Å²) in [5.41, 5.74) is 2.55. The number of amides is 2. The van der Waals surface area contributed by atoms with E-state index in [1.54, 1.807) is 30.3 Å². The highest BCUT2D eigenvalue weighted by Crippen LogP contribution is 2.29. The average Bonchev–Trinajstić information content (AvgIpc) is 2.85. The smallest absolute Gasteiger partial charge is 0.255 e. The number of anilines is 2. The van der Waals surface area contributed by atoms with E-state index in [9.17, 15) is 9.59 Å². The fourth-order valence-corrected chi connectivity index (χ4v) is 4.59. The number of hydrogen-bond acceptors (Lipinski definition) is 5. The third-order valence-corrected chi connectivity index (χ3v) is 6.76. The van der Waals surface area contributed by atoms with E-state index in [4.69, 9.17) is 16.3 Å². The molecule has 2 heterocycles. The van der Waals surface area contributed by atoms with Gasteiger partial charge in [0.1, 0.15) is 0 Å². The van der Waals surface area contributed by atoms with Crippen LogP contribution in [0.2, 0.25) is 5.02 Å². The van der Waals surface area contributed by atoms with Gasteiger partial charge in [0.25, 0.3) is 11.8 Å². The Bertz CT molecular complexity index is 1000. The van der Waals surface area contributed by atoms with Gasteiger partial charge in [-0.15, -0.1) is 0 Å². The van der Waals surface area contributed by atoms with Gasteiger partial charge in [-0.2, -0.15) is 0 Å². The quantitative estimate of drug-likeness (QED) is 0.623. The van der Waals surface area contributed by atoms with Crippen molar-refractivity contribution < 1.29 is 14.3 Å². The number of ether oxygens (including phenoxy) is 1. The zero-order valence-electron chi connectivity index (χ0n) is 19.7. The predicted octanol–water partition coefficient (Wildman–Crippen LogP) is 3.89. The van der Waals surface area contributed by atoms with Crippen molar-refractivity contribution in [3.63, 3.8) is 0 Å². The number of rotatable bonds is 7. The van der Waals surface area contributed by atoms with Crippen LogP contribution in [0.4, 0.5) is 11.4 Å². The minimum Gasteiger partial charge on any atom is -0.379 e. The summed E-state index contributed by atoms with van der Waals surface area (Å²) >= 11 is 6.03. The normalized spacial score (nSPS) is 17.4. The van der Waals surface area contributed by atoms with Gasteiger partial charge in [-0.3, -0.25) is 14.5 Å². The van der Waals surface area contributed by atoms with E-state index >= 15 is 0 Å². The van der Waals surface area contributed by atoms with Crippen LogP contribution in [0.25, 0.3) is 0 Å². The van der Waals surface area contributed by atoms with Crippen molar-refractivity contribution >= 4 is 34.8 Å². The topological polar surface area (TPSA) is 73.9 Å². The summed E-state index contributed by atoms with van der Waals surface area (Å²) in [6.07, 6.45) is 2.21. The van der Waals surface area contributed by atoms with Crippen LogP contribution in [0.1, 0.15) is 40.5 Å². The van der Waals surface area contributed by atoms with E-state index in [2.05, 4.69) is 27.4 Å². The number of halogens is 1. The second kappa shape index (κ2) is 11.7. The molecule has 2 aliphatic rings. The standard InChI is InChI=1S/C26H33ClN4O3/c1-19-7-10-31(11-8-19)24-6-5-22(29-25(32)20-3-2-4-21(27)17-20)18-23(24)26(33)28-9-12-30-13-15-34-16-14-30/h2-6,17-19H,7-16H2,1H3,(H,28,33)(H,29,32). The maximum absolute atomic E-state index is 13.3. The first-order valence-corrected chi connectivity index (χ1v) is 12.4. The zero-order valence-corrected chi connectivity index (χ0v) is 20.4. The molecule has 0 aliphatic carbocycles. The molecule has 34 heavy (non-hydrogen) atoms. The molecule has 7 nitrogen and oxygen atoms in total.